The van der Waals surface area contributed by atoms with Crippen molar-refractivity contribution in [2.75, 3.05) is 13.2 Å². The minimum Gasteiger partial charge on any atom is -0.490 e. The third-order valence-corrected chi connectivity index (χ3v) is 10.2. The molecule has 0 bridgehead atoms. The van der Waals surface area contributed by atoms with Crippen LogP contribution >= 0.6 is 34.8 Å². The number of hydrogen-bond acceptors (Lipinski definition) is 4. The summed E-state index contributed by atoms with van der Waals surface area (Å²) in [6, 6.07) is 49.4. The first-order valence-electron chi connectivity index (χ1n) is 18.0. The van der Waals surface area contributed by atoms with Crippen LogP contribution in [-0.4, -0.2) is 32.5 Å². The van der Waals surface area contributed by atoms with Crippen LogP contribution in [0.1, 0.15) is 13.8 Å². The highest BCUT2D eigenvalue weighted by molar-refractivity contribution is 6.34. The summed E-state index contributed by atoms with van der Waals surface area (Å²) >= 11 is 21.4. The van der Waals surface area contributed by atoms with Gasteiger partial charge in [-0.15, -0.1) is 0 Å². The summed E-state index contributed by atoms with van der Waals surface area (Å²) in [6.45, 7) is 4.85. The molecule has 0 amide bonds. The van der Waals surface area contributed by atoms with Gasteiger partial charge in [0.05, 0.1) is 45.4 Å². The highest BCUT2D eigenvalue weighted by atomic mass is 35.5. The summed E-state index contributed by atoms with van der Waals surface area (Å²) in [5.74, 6) is 2.41. The highest BCUT2D eigenvalue weighted by Crippen LogP contribution is 2.46. The predicted octanol–water partition coefficient (Wildman–Crippen LogP) is 13.2. The van der Waals surface area contributed by atoms with Gasteiger partial charge in [0.1, 0.15) is 5.69 Å². The van der Waals surface area contributed by atoms with Gasteiger partial charge < -0.3 is 9.47 Å². The zero-order chi connectivity index (χ0) is 37.9. The maximum Gasteiger partial charge on any atom is 0.162 e. The number of benzene rings is 6. The van der Waals surface area contributed by atoms with Crippen molar-refractivity contribution >= 4 is 34.8 Å². The lowest BCUT2D eigenvalue weighted by molar-refractivity contribution is 0.288. The minimum absolute atomic E-state index is 0.457. The molecule has 2 aromatic heterocycles. The van der Waals surface area contributed by atoms with Crippen molar-refractivity contribution in [3.05, 3.63) is 167 Å². The van der Waals surface area contributed by atoms with Gasteiger partial charge in [0.25, 0.3) is 0 Å². The maximum absolute atomic E-state index is 7.19. The van der Waals surface area contributed by atoms with Crippen LogP contribution in [0.25, 0.3) is 67.8 Å². The van der Waals surface area contributed by atoms with Gasteiger partial charge in [-0.1, -0.05) is 138 Å². The Morgan fingerprint density at radius 3 is 1.40 bits per heavy atom. The van der Waals surface area contributed by atoms with E-state index in [1.54, 1.807) is 0 Å². The number of imidazole rings is 2. The van der Waals surface area contributed by atoms with Crippen LogP contribution in [-0.2, 0) is 0 Å². The normalized spacial score (nSPS) is 11.1. The monoisotopic (exact) mass is 780 g/mol. The second kappa shape index (κ2) is 15.9. The maximum atomic E-state index is 7.19. The van der Waals surface area contributed by atoms with Crippen LogP contribution in [0.5, 0.6) is 11.5 Å². The van der Waals surface area contributed by atoms with Crippen LogP contribution in [0.3, 0.4) is 0 Å². The molecule has 0 spiro atoms. The number of halogens is 3. The van der Waals surface area contributed by atoms with Crippen molar-refractivity contribution < 1.29 is 9.47 Å². The van der Waals surface area contributed by atoms with E-state index in [0.717, 1.165) is 39.2 Å². The van der Waals surface area contributed by atoms with E-state index in [1.165, 1.54) is 0 Å². The van der Waals surface area contributed by atoms with Crippen molar-refractivity contribution in [2.24, 2.45) is 0 Å². The van der Waals surface area contributed by atoms with Crippen molar-refractivity contribution in [1.29, 1.82) is 0 Å². The molecule has 0 saturated heterocycles. The second-order valence-corrected chi connectivity index (χ2v) is 13.8. The van der Waals surface area contributed by atoms with E-state index < -0.39 is 0 Å². The Bertz CT molecular complexity index is 2620. The first-order valence-corrected chi connectivity index (χ1v) is 19.1. The fourth-order valence-corrected chi connectivity index (χ4v) is 7.46. The van der Waals surface area contributed by atoms with Crippen molar-refractivity contribution in [3.63, 3.8) is 0 Å². The lowest BCUT2D eigenvalue weighted by Crippen LogP contribution is -2.16. The van der Waals surface area contributed by atoms with Crippen LogP contribution in [0.15, 0.2) is 152 Å². The van der Waals surface area contributed by atoms with Gasteiger partial charge in [0.15, 0.2) is 23.1 Å². The van der Waals surface area contributed by atoms with Gasteiger partial charge in [-0.3, -0.25) is 0 Å². The molecular weight excluding hydrogens is 747 g/mol. The average molecular weight is 782 g/mol. The lowest BCUT2D eigenvalue weighted by atomic mass is 10.0. The minimum atomic E-state index is 0.457. The molecule has 0 saturated carbocycles. The Labute approximate surface area is 335 Å². The quantitative estimate of drug-likeness (QED) is 0.131. The van der Waals surface area contributed by atoms with Crippen LogP contribution in [0.2, 0.25) is 15.1 Å². The number of ether oxygens (including phenoxy) is 2. The molecular formula is C46H35Cl3N4O2. The van der Waals surface area contributed by atoms with Crippen LogP contribution in [0.4, 0.5) is 0 Å². The molecule has 0 aliphatic heterocycles. The van der Waals surface area contributed by atoms with Gasteiger partial charge in [-0.2, -0.15) is 0 Å². The Balaban J connectivity index is 1.60. The van der Waals surface area contributed by atoms with E-state index in [2.05, 4.69) is 33.6 Å². The molecule has 0 N–H and O–H groups in total. The molecule has 0 fully saturated rings. The van der Waals surface area contributed by atoms with Crippen molar-refractivity contribution in [1.82, 2.24) is 19.3 Å². The van der Waals surface area contributed by atoms with Crippen molar-refractivity contribution in [3.8, 4) is 79.3 Å². The molecule has 8 rings (SSSR count). The van der Waals surface area contributed by atoms with E-state index in [4.69, 9.17) is 54.2 Å². The van der Waals surface area contributed by atoms with Crippen LogP contribution in [0, 0.1) is 0 Å². The number of rotatable bonds is 11. The van der Waals surface area contributed by atoms with E-state index in [-0.39, 0.29) is 0 Å². The lowest BCUT2D eigenvalue weighted by Gasteiger charge is -2.21. The average Bonchev–Trinajstić information content (AvgIpc) is 3.79. The van der Waals surface area contributed by atoms with E-state index >= 15 is 0 Å². The topological polar surface area (TPSA) is 54.1 Å². The van der Waals surface area contributed by atoms with Crippen LogP contribution < -0.4 is 9.47 Å². The summed E-state index contributed by atoms with van der Waals surface area (Å²) in [4.78, 5) is 11.0. The molecule has 55 heavy (non-hydrogen) atoms. The molecule has 9 heteroatoms. The standard InChI is InChI=1S/C46H35Cl3N4O2/c1-3-54-39-28-27-32(29-40(39)55-4-2)42-44(33-21-11-14-24-36(33)47)53(46(51-42)35-23-13-16-26-38(35)49)52-43(31-19-9-6-10-20-31)41(30-17-7-5-8-18-30)50-45(52)34-22-12-15-25-37(34)48/h5-29H,3-4H2,1-2H3. The first-order chi connectivity index (χ1) is 27.0. The molecule has 0 aliphatic carbocycles. The third kappa shape index (κ3) is 6.89. The zero-order valence-electron chi connectivity index (χ0n) is 30.1. The molecule has 0 aliphatic rings. The summed E-state index contributed by atoms with van der Waals surface area (Å²) in [7, 11) is 0. The number of aromatic nitrogens is 4. The fourth-order valence-electron chi connectivity index (χ4n) is 6.79. The Morgan fingerprint density at radius 1 is 0.436 bits per heavy atom. The largest absolute Gasteiger partial charge is 0.490 e. The van der Waals surface area contributed by atoms with Gasteiger partial charge in [-0.25, -0.2) is 19.3 Å². The summed E-state index contributed by atoms with van der Waals surface area (Å²) in [5, 5.41) is 1.60. The number of nitrogens with zero attached hydrogens (tertiary/aromatic N) is 4. The third-order valence-electron chi connectivity index (χ3n) is 9.18. The SMILES string of the molecule is CCOc1ccc(-c2nc(-c3ccccc3Cl)n(-n3c(-c4ccccc4Cl)nc(-c4ccccc4)c3-c3ccccc3)c2-c2ccccc2Cl)cc1OCC. The molecule has 2 heterocycles. The second-order valence-electron chi connectivity index (χ2n) is 12.6. The van der Waals surface area contributed by atoms with Gasteiger partial charge in [-0.05, 0) is 62.4 Å². The summed E-state index contributed by atoms with van der Waals surface area (Å²) < 4.78 is 16.3. The highest BCUT2D eigenvalue weighted by Gasteiger charge is 2.31. The predicted molar refractivity (Wildman–Crippen MR) is 225 cm³/mol. The van der Waals surface area contributed by atoms with Crippen molar-refractivity contribution in [2.45, 2.75) is 13.8 Å². The fraction of sp³-hybridized carbons (Fsp3) is 0.0870. The molecule has 0 atom stereocenters. The molecule has 0 radical (unpaired) electrons. The Morgan fingerprint density at radius 2 is 0.873 bits per heavy atom. The smallest absolute Gasteiger partial charge is 0.162 e. The summed E-state index contributed by atoms with van der Waals surface area (Å²) in [5.41, 5.74) is 7.75. The Kier molecular flexibility index (Phi) is 10.5. The Hall–Kier alpha value is -5.79. The summed E-state index contributed by atoms with van der Waals surface area (Å²) in [6.07, 6.45) is 0. The molecule has 8 aromatic rings. The van der Waals surface area contributed by atoms with E-state index in [1.807, 2.05) is 141 Å². The molecule has 6 nitrogen and oxygen atoms in total. The number of hydrogen-bond donors (Lipinski definition) is 0. The molecule has 6 aromatic carbocycles. The van der Waals surface area contributed by atoms with Gasteiger partial charge >= 0.3 is 0 Å². The van der Waals surface area contributed by atoms with Gasteiger partial charge in [0.2, 0.25) is 0 Å². The van der Waals surface area contributed by atoms with Gasteiger partial charge in [0, 0.05) is 33.4 Å². The zero-order valence-corrected chi connectivity index (χ0v) is 32.4. The molecule has 272 valence electrons. The van der Waals surface area contributed by atoms with E-state index in [0.29, 0.717) is 68.4 Å². The first kappa shape index (κ1) is 36.2. The molecule has 0 unspecified atom stereocenters. The van der Waals surface area contributed by atoms with E-state index in [9.17, 15) is 0 Å².